The number of rotatable bonds is 6. The Morgan fingerprint density at radius 2 is 1.80 bits per heavy atom. The van der Waals surface area contributed by atoms with Gasteiger partial charge < -0.3 is 5.32 Å². The number of Topliss-reactive ketones (excluding diaryl/α,β-unsaturated/α-hetero) is 1. The van der Waals surface area contributed by atoms with Crippen molar-refractivity contribution in [2.24, 2.45) is 0 Å². The molecule has 30 heavy (non-hydrogen) atoms. The van der Waals surface area contributed by atoms with Crippen LogP contribution < -0.4 is 5.32 Å². The van der Waals surface area contributed by atoms with Crippen LogP contribution in [0.4, 0.5) is 13.2 Å². The van der Waals surface area contributed by atoms with Gasteiger partial charge in [0.05, 0.1) is 12.0 Å². The lowest BCUT2D eigenvalue weighted by Crippen LogP contribution is -2.26. The number of ketones is 1. The molecule has 3 rings (SSSR count). The Labute approximate surface area is 182 Å². The largest absolute Gasteiger partial charge is 0.396 e. The van der Waals surface area contributed by atoms with Gasteiger partial charge >= 0.3 is 6.18 Å². The Kier molecular flexibility index (Phi) is 6.78. The molecule has 1 aliphatic rings. The average molecular weight is 458 g/mol. The number of alkyl halides is 3. The van der Waals surface area contributed by atoms with Crippen molar-refractivity contribution in [2.45, 2.75) is 50.7 Å². The number of amides is 1. The monoisotopic (exact) mass is 457 g/mol. The average Bonchev–Trinajstić information content (AvgIpc) is 3.06. The highest BCUT2D eigenvalue weighted by atomic mass is 35.5. The lowest BCUT2D eigenvalue weighted by atomic mass is 9.90. The fraction of sp³-hybridized carbons (Fsp3) is 0.364. The Hall–Kier alpha value is -2.05. The maximum absolute atomic E-state index is 13.7. The number of aryl methyl sites for hydroxylation is 1. The molecule has 1 N–H and O–H groups in total. The van der Waals surface area contributed by atoms with E-state index in [1.165, 1.54) is 24.3 Å². The first-order valence-electron chi connectivity index (χ1n) is 9.56. The summed E-state index contributed by atoms with van der Waals surface area (Å²) >= 11 is 11.7. The first-order chi connectivity index (χ1) is 14.1. The SMILES string of the molecule is CCC(=O)NC1CCc2cc(C(=O)CC(c3cc(Cl)cc(Cl)c3)C(F)(F)F)ccc21. The standard InChI is InChI=1S/C22H20Cl2F3NO2/c1-2-21(30)28-19-6-4-12-7-13(3-5-17(12)19)20(29)11-18(22(25,26)27)14-8-15(23)10-16(24)9-14/h3,5,7-10,18-19H,2,4,6,11H2,1H3,(H,28,30). The normalized spacial score (nSPS) is 16.8. The van der Waals surface area contributed by atoms with Gasteiger partial charge in [0.15, 0.2) is 5.78 Å². The summed E-state index contributed by atoms with van der Waals surface area (Å²) < 4.78 is 41.1. The molecule has 2 unspecified atom stereocenters. The minimum absolute atomic E-state index is 0.0683. The molecule has 0 bridgehead atoms. The van der Waals surface area contributed by atoms with Gasteiger partial charge in [-0.2, -0.15) is 13.2 Å². The zero-order chi connectivity index (χ0) is 22.1. The van der Waals surface area contributed by atoms with Crippen molar-refractivity contribution in [2.75, 3.05) is 0 Å². The number of hydrogen-bond donors (Lipinski definition) is 1. The molecule has 2 atom stereocenters. The fourth-order valence-electron chi connectivity index (χ4n) is 3.74. The van der Waals surface area contributed by atoms with E-state index in [4.69, 9.17) is 23.2 Å². The lowest BCUT2D eigenvalue weighted by Gasteiger charge is -2.21. The lowest BCUT2D eigenvalue weighted by molar-refractivity contribution is -0.149. The van der Waals surface area contributed by atoms with Gasteiger partial charge in [-0.15, -0.1) is 0 Å². The molecule has 0 fully saturated rings. The summed E-state index contributed by atoms with van der Waals surface area (Å²) in [6, 6.07) is 8.45. The molecule has 0 radical (unpaired) electrons. The summed E-state index contributed by atoms with van der Waals surface area (Å²) in [6.45, 7) is 1.76. The van der Waals surface area contributed by atoms with E-state index in [1.807, 2.05) is 0 Å². The molecular formula is C22H20Cl2F3NO2. The van der Waals surface area contributed by atoms with E-state index in [2.05, 4.69) is 5.32 Å². The second-order valence-corrected chi connectivity index (χ2v) is 8.22. The Morgan fingerprint density at radius 1 is 1.13 bits per heavy atom. The molecule has 0 aliphatic heterocycles. The zero-order valence-corrected chi connectivity index (χ0v) is 17.7. The van der Waals surface area contributed by atoms with Crippen molar-refractivity contribution in [3.05, 3.63) is 68.7 Å². The molecule has 2 aromatic carbocycles. The molecule has 0 saturated heterocycles. The number of carbonyl (C=O) groups excluding carboxylic acids is 2. The first kappa shape index (κ1) is 22.6. The van der Waals surface area contributed by atoms with Crippen molar-refractivity contribution in [1.29, 1.82) is 0 Å². The summed E-state index contributed by atoms with van der Waals surface area (Å²) in [7, 11) is 0. The van der Waals surface area contributed by atoms with Gasteiger partial charge in [0.2, 0.25) is 5.91 Å². The first-order valence-corrected chi connectivity index (χ1v) is 10.3. The Bertz CT molecular complexity index is 955. The van der Waals surface area contributed by atoms with Crippen LogP contribution in [0.15, 0.2) is 36.4 Å². The molecule has 2 aromatic rings. The summed E-state index contributed by atoms with van der Waals surface area (Å²) in [5, 5.41) is 3.08. The number of fused-ring (bicyclic) bond motifs is 1. The molecule has 160 valence electrons. The highest BCUT2D eigenvalue weighted by Crippen LogP contribution is 2.40. The smallest absolute Gasteiger partial charge is 0.349 e. The van der Waals surface area contributed by atoms with E-state index >= 15 is 0 Å². The molecular weight excluding hydrogens is 438 g/mol. The van der Waals surface area contributed by atoms with Crippen LogP contribution in [0.1, 0.15) is 65.2 Å². The van der Waals surface area contributed by atoms with Gasteiger partial charge in [0, 0.05) is 28.5 Å². The number of carbonyl (C=O) groups is 2. The van der Waals surface area contributed by atoms with E-state index in [9.17, 15) is 22.8 Å². The Morgan fingerprint density at radius 3 is 2.40 bits per heavy atom. The third-order valence-electron chi connectivity index (χ3n) is 5.27. The van der Waals surface area contributed by atoms with E-state index in [-0.39, 0.29) is 33.1 Å². The molecule has 8 heteroatoms. The Balaban J connectivity index is 1.83. The molecule has 0 saturated carbocycles. The van der Waals surface area contributed by atoms with Gasteiger partial charge in [0.25, 0.3) is 0 Å². The van der Waals surface area contributed by atoms with Crippen LogP contribution in [-0.4, -0.2) is 17.9 Å². The summed E-state index contributed by atoms with van der Waals surface area (Å²) in [4.78, 5) is 24.4. The molecule has 0 spiro atoms. The van der Waals surface area contributed by atoms with E-state index in [0.717, 1.165) is 11.1 Å². The quantitative estimate of drug-likeness (QED) is 0.508. The van der Waals surface area contributed by atoms with E-state index in [0.29, 0.717) is 19.3 Å². The van der Waals surface area contributed by atoms with Gasteiger partial charge in [-0.3, -0.25) is 9.59 Å². The highest BCUT2D eigenvalue weighted by molar-refractivity contribution is 6.34. The van der Waals surface area contributed by atoms with Crippen molar-refractivity contribution < 1.29 is 22.8 Å². The van der Waals surface area contributed by atoms with Crippen LogP contribution in [0.3, 0.4) is 0 Å². The second kappa shape index (κ2) is 8.98. The van der Waals surface area contributed by atoms with Gasteiger partial charge in [-0.1, -0.05) is 42.3 Å². The van der Waals surface area contributed by atoms with Crippen molar-refractivity contribution in [1.82, 2.24) is 5.32 Å². The van der Waals surface area contributed by atoms with Crippen LogP contribution >= 0.6 is 23.2 Å². The van der Waals surface area contributed by atoms with Crippen LogP contribution in [-0.2, 0) is 11.2 Å². The topological polar surface area (TPSA) is 46.2 Å². The van der Waals surface area contributed by atoms with Crippen molar-refractivity contribution in [3.63, 3.8) is 0 Å². The van der Waals surface area contributed by atoms with E-state index < -0.39 is 24.3 Å². The van der Waals surface area contributed by atoms with E-state index in [1.54, 1.807) is 19.1 Å². The summed E-state index contributed by atoms with van der Waals surface area (Å²) in [6.07, 6.45) is -3.65. The molecule has 3 nitrogen and oxygen atoms in total. The number of benzene rings is 2. The maximum Gasteiger partial charge on any atom is 0.396 e. The number of nitrogens with one attached hydrogen (secondary N) is 1. The second-order valence-electron chi connectivity index (χ2n) is 7.35. The van der Waals surface area contributed by atoms with Crippen LogP contribution in [0.5, 0.6) is 0 Å². The van der Waals surface area contributed by atoms with Gasteiger partial charge in [0.1, 0.15) is 0 Å². The molecule has 0 aromatic heterocycles. The molecule has 0 heterocycles. The third-order valence-corrected chi connectivity index (χ3v) is 5.71. The third kappa shape index (κ3) is 5.16. The minimum Gasteiger partial charge on any atom is -0.349 e. The van der Waals surface area contributed by atoms with Gasteiger partial charge in [-0.25, -0.2) is 0 Å². The molecule has 1 aliphatic carbocycles. The van der Waals surface area contributed by atoms with Crippen LogP contribution in [0.25, 0.3) is 0 Å². The number of halogens is 5. The maximum atomic E-state index is 13.7. The summed E-state index contributed by atoms with van der Waals surface area (Å²) in [5.74, 6) is -2.69. The minimum atomic E-state index is -4.63. The predicted octanol–water partition coefficient (Wildman–Crippen LogP) is 6.43. The van der Waals surface area contributed by atoms with Crippen molar-refractivity contribution in [3.8, 4) is 0 Å². The van der Waals surface area contributed by atoms with Crippen LogP contribution in [0.2, 0.25) is 10.0 Å². The predicted molar refractivity (Wildman–Crippen MR) is 110 cm³/mol. The highest BCUT2D eigenvalue weighted by Gasteiger charge is 2.42. The fourth-order valence-corrected chi connectivity index (χ4v) is 4.28. The summed E-state index contributed by atoms with van der Waals surface area (Å²) in [5.41, 5.74) is 1.86. The zero-order valence-electron chi connectivity index (χ0n) is 16.2. The van der Waals surface area contributed by atoms with Gasteiger partial charge in [-0.05, 0) is 53.8 Å². The molecule has 1 amide bonds. The van der Waals surface area contributed by atoms with Crippen LogP contribution in [0, 0.1) is 0 Å². The number of hydrogen-bond acceptors (Lipinski definition) is 2. The van der Waals surface area contributed by atoms with Crippen molar-refractivity contribution >= 4 is 34.9 Å².